The van der Waals surface area contributed by atoms with Gasteiger partial charge in [0.2, 0.25) is 0 Å². The lowest BCUT2D eigenvalue weighted by Gasteiger charge is -2.12. The van der Waals surface area contributed by atoms with Gasteiger partial charge in [0.05, 0.1) is 25.0 Å². The number of aliphatic hydroxyl groups excluding tert-OH is 1. The van der Waals surface area contributed by atoms with Crippen molar-refractivity contribution in [1.82, 2.24) is 10.2 Å². The summed E-state index contributed by atoms with van der Waals surface area (Å²) in [5.74, 6) is -2.35. The van der Waals surface area contributed by atoms with Gasteiger partial charge >= 0.3 is 5.97 Å². The van der Waals surface area contributed by atoms with Crippen molar-refractivity contribution >= 4 is 17.3 Å². The monoisotopic (exact) mass is 371 g/mol. The molecule has 3 rings (SSSR count). The van der Waals surface area contributed by atoms with Crippen LogP contribution in [0, 0.1) is 11.6 Å². The molecule has 0 spiro atoms. The fraction of sp³-hybridized carbons (Fsp3) is 0.105. The molecule has 0 saturated heterocycles. The molecular formula is C19H15F2N3O3. The molecule has 0 radical (unpaired) electrons. The molecule has 6 nitrogen and oxygen atoms in total. The van der Waals surface area contributed by atoms with Gasteiger partial charge in [0.1, 0.15) is 17.3 Å². The van der Waals surface area contributed by atoms with Crippen LogP contribution in [-0.2, 0) is 11.3 Å². The molecular weight excluding hydrogens is 356 g/mol. The molecule has 27 heavy (non-hydrogen) atoms. The van der Waals surface area contributed by atoms with Crippen LogP contribution in [-0.4, -0.2) is 28.4 Å². The predicted octanol–water partition coefficient (Wildman–Crippen LogP) is 3.44. The minimum absolute atomic E-state index is 0.0762. The van der Waals surface area contributed by atoms with Gasteiger partial charge in [-0.25, -0.2) is 13.6 Å². The Morgan fingerprint density at radius 1 is 1.11 bits per heavy atom. The van der Waals surface area contributed by atoms with Gasteiger partial charge < -0.3 is 15.2 Å². The number of halogens is 2. The van der Waals surface area contributed by atoms with Crippen molar-refractivity contribution in [2.24, 2.45) is 0 Å². The van der Waals surface area contributed by atoms with Crippen LogP contribution in [0.5, 0.6) is 0 Å². The topological polar surface area (TPSA) is 84.3 Å². The molecule has 0 fully saturated rings. The average molecular weight is 371 g/mol. The molecule has 0 amide bonds. The van der Waals surface area contributed by atoms with Crippen molar-refractivity contribution in [3.8, 4) is 11.3 Å². The summed E-state index contributed by atoms with van der Waals surface area (Å²) in [5.41, 5.74) is 0.893. The predicted molar refractivity (Wildman–Crippen MR) is 94.4 cm³/mol. The standard InChI is InChI=1S/C19H15F2N3O3/c1-27-19(26)18-16(22-12-7-5-11(10-25)6-8-12)9-15(23-24-18)17-13(20)3-2-4-14(17)21/h2-9,25H,10H2,1H3,(H,22,23). The van der Waals surface area contributed by atoms with E-state index in [0.29, 0.717) is 11.3 Å². The zero-order valence-electron chi connectivity index (χ0n) is 14.2. The number of methoxy groups -OCH3 is 1. The normalized spacial score (nSPS) is 10.5. The largest absolute Gasteiger partial charge is 0.464 e. The number of aromatic nitrogens is 2. The van der Waals surface area contributed by atoms with Gasteiger partial charge in [0.25, 0.3) is 0 Å². The SMILES string of the molecule is COC(=O)c1nnc(-c2c(F)cccc2F)cc1Nc1ccc(CO)cc1. The Morgan fingerprint density at radius 3 is 2.37 bits per heavy atom. The first kappa shape index (κ1) is 18.4. The molecule has 2 N–H and O–H groups in total. The molecule has 1 aromatic heterocycles. The van der Waals surface area contributed by atoms with Crippen molar-refractivity contribution < 1.29 is 23.4 Å². The van der Waals surface area contributed by atoms with E-state index in [0.717, 1.165) is 12.1 Å². The Bertz CT molecular complexity index is 958. The van der Waals surface area contributed by atoms with E-state index in [4.69, 9.17) is 5.11 Å². The van der Waals surface area contributed by atoms with Crippen molar-refractivity contribution in [2.75, 3.05) is 12.4 Å². The van der Waals surface area contributed by atoms with Crippen LogP contribution >= 0.6 is 0 Å². The molecule has 8 heteroatoms. The summed E-state index contributed by atoms with van der Waals surface area (Å²) in [6.07, 6.45) is 0. The fourth-order valence-electron chi connectivity index (χ4n) is 2.45. The Balaban J connectivity index is 2.07. The van der Waals surface area contributed by atoms with E-state index in [1.165, 1.54) is 19.2 Å². The lowest BCUT2D eigenvalue weighted by molar-refractivity contribution is 0.0594. The summed E-state index contributed by atoms with van der Waals surface area (Å²) >= 11 is 0. The number of carbonyl (C=O) groups is 1. The number of nitrogens with zero attached hydrogens (tertiary/aromatic N) is 2. The summed E-state index contributed by atoms with van der Waals surface area (Å²) in [4.78, 5) is 12.0. The van der Waals surface area contributed by atoms with Gasteiger partial charge in [-0.2, -0.15) is 0 Å². The van der Waals surface area contributed by atoms with Gasteiger partial charge in [-0.3, -0.25) is 0 Å². The van der Waals surface area contributed by atoms with Crippen LogP contribution in [0.4, 0.5) is 20.2 Å². The molecule has 0 aliphatic heterocycles. The van der Waals surface area contributed by atoms with Crippen molar-refractivity contribution in [1.29, 1.82) is 0 Å². The second kappa shape index (κ2) is 7.88. The fourth-order valence-corrected chi connectivity index (χ4v) is 2.45. The number of ether oxygens (including phenoxy) is 1. The minimum Gasteiger partial charge on any atom is -0.464 e. The molecule has 3 aromatic rings. The summed E-state index contributed by atoms with van der Waals surface area (Å²) in [5, 5.41) is 19.6. The van der Waals surface area contributed by atoms with Gasteiger partial charge in [0, 0.05) is 5.69 Å². The highest BCUT2D eigenvalue weighted by Gasteiger charge is 2.20. The van der Waals surface area contributed by atoms with E-state index < -0.39 is 17.6 Å². The summed E-state index contributed by atoms with van der Waals surface area (Å²) < 4.78 is 32.8. The third-order valence-corrected chi connectivity index (χ3v) is 3.81. The number of esters is 1. The third kappa shape index (κ3) is 3.90. The molecule has 0 saturated carbocycles. The number of nitrogens with one attached hydrogen (secondary N) is 1. The second-order valence-corrected chi connectivity index (χ2v) is 5.56. The second-order valence-electron chi connectivity index (χ2n) is 5.56. The molecule has 1 heterocycles. The Labute approximate surface area is 153 Å². The smallest absolute Gasteiger partial charge is 0.360 e. The number of hydrogen-bond donors (Lipinski definition) is 2. The maximum absolute atomic E-state index is 14.1. The molecule has 0 atom stereocenters. The van der Waals surface area contributed by atoms with Gasteiger partial charge in [-0.1, -0.05) is 18.2 Å². The molecule has 0 aliphatic carbocycles. The number of anilines is 2. The first-order valence-corrected chi connectivity index (χ1v) is 7.90. The first-order chi connectivity index (χ1) is 13.0. The number of carbonyl (C=O) groups excluding carboxylic acids is 1. The number of hydrogen-bond acceptors (Lipinski definition) is 6. The van der Waals surface area contributed by atoms with Gasteiger partial charge in [-0.05, 0) is 35.9 Å². The van der Waals surface area contributed by atoms with Crippen molar-refractivity contribution in [3.05, 3.63) is 71.4 Å². The van der Waals surface area contributed by atoms with E-state index in [9.17, 15) is 13.6 Å². The Morgan fingerprint density at radius 2 is 1.78 bits per heavy atom. The van der Waals surface area contributed by atoms with E-state index >= 15 is 0 Å². The minimum atomic E-state index is -0.798. The molecule has 138 valence electrons. The maximum Gasteiger partial charge on any atom is 0.360 e. The van der Waals surface area contributed by atoms with E-state index in [1.807, 2.05) is 0 Å². The highest BCUT2D eigenvalue weighted by Crippen LogP contribution is 2.28. The number of rotatable bonds is 5. The van der Waals surface area contributed by atoms with Gasteiger partial charge in [0.15, 0.2) is 5.69 Å². The Kier molecular flexibility index (Phi) is 5.37. The quantitative estimate of drug-likeness (QED) is 0.669. The van der Waals surface area contributed by atoms with Crippen molar-refractivity contribution in [2.45, 2.75) is 6.61 Å². The maximum atomic E-state index is 14.1. The van der Waals surface area contributed by atoms with Crippen LogP contribution in [0.2, 0.25) is 0 Å². The molecule has 0 aliphatic rings. The highest BCUT2D eigenvalue weighted by molar-refractivity contribution is 5.94. The lowest BCUT2D eigenvalue weighted by atomic mass is 10.1. The molecule has 0 bridgehead atoms. The van der Waals surface area contributed by atoms with Crippen LogP contribution < -0.4 is 5.32 Å². The summed E-state index contributed by atoms with van der Waals surface area (Å²) in [7, 11) is 1.19. The summed E-state index contributed by atoms with van der Waals surface area (Å²) in [6.45, 7) is -0.110. The zero-order valence-corrected chi connectivity index (χ0v) is 14.2. The molecule has 2 aromatic carbocycles. The zero-order chi connectivity index (χ0) is 19.4. The first-order valence-electron chi connectivity index (χ1n) is 7.90. The average Bonchev–Trinajstić information content (AvgIpc) is 2.68. The van der Waals surface area contributed by atoms with E-state index in [-0.39, 0.29) is 29.2 Å². The van der Waals surface area contributed by atoms with Crippen LogP contribution in [0.15, 0.2) is 48.5 Å². The van der Waals surface area contributed by atoms with Gasteiger partial charge in [-0.15, -0.1) is 10.2 Å². The van der Waals surface area contributed by atoms with E-state index in [2.05, 4.69) is 20.3 Å². The Hall–Kier alpha value is -3.39. The molecule has 0 unspecified atom stereocenters. The van der Waals surface area contributed by atoms with Crippen molar-refractivity contribution in [3.63, 3.8) is 0 Å². The van der Waals surface area contributed by atoms with Crippen LogP contribution in [0.25, 0.3) is 11.3 Å². The van der Waals surface area contributed by atoms with E-state index in [1.54, 1.807) is 24.3 Å². The highest BCUT2D eigenvalue weighted by atomic mass is 19.1. The third-order valence-electron chi connectivity index (χ3n) is 3.81. The van der Waals surface area contributed by atoms with Crippen LogP contribution in [0.1, 0.15) is 16.1 Å². The lowest BCUT2D eigenvalue weighted by Crippen LogP contribution is -2.10. The number of benzene rings is 2. The summed E-state index contributed by atoms with van der Waals surface area (Å²) in [6, 6.07) is 11.5. The van der Waals surface area contributed by atoms with Crippen LogP contribution in [0.3, 0.4) is 0 Å². The number of aliphatic hydroxyl groups is 1.